The lowest BCUT2D eigenvalue weighted by atomic mass is 10.1. The summed E-state index contributed by atoms with van der Waals surface area (Å²) in [7, 11) is 1.77. The zero-order chi connectivity index (χ0) is 16.1. The minimum Gasteiger partial charge on any atom is -0.351 e. The summed E-state index contributed by atoms with van der Waals surface area (Å²) in [4.78, 5) is 24.8. The number of carbonyl (C=O) groups is 2. The zero-order valence-electron chi connectivity index (χ0n) is 12.7. The van der Waals surface area contributed by atoms with E-state index in [0.29, 0.717) is 17.8 Å². The second-order valence-electron chi connectivity index (χ2n) is 5.15. The van der Waals surface area contributed by atoms with Crippen molar-refractivity contribution in [1.82, 2.24) is 4.90 Å². The largest absolute Gasteiger partial charge is 0.351 e. The Balaban J connectivity index is 2.07. The first-order valence-electron chi connectivity index (χ1n) is 6.94. The number of primary amides is 1. The molecule has 0 radical (unpaired) electrons. The maximum atomic E-state index is 12.4. The van der Waals surface area contributed by atoms with E-state index in [1.54, 1.807) is 36.2 Å². The van der Waals surface area contributed by atoms with Crippen LogP contribution in [0.2, 0.25) is 0 Å². The Morgan fingerprint density at radius 1 is 1.09 bits per heavy atom. The number of rotatable bonds is 4. The highest BCUT2D eigenvalue weighted by molar-refractivity contribution is 5.95. The third-order valence-corrected chi connectivity index (χ3v) is 3.41. The van der Waals surface area contributed by atoms with Crippen molar-refractivity contribution in [3.05, 3.63) is 65.2 Å². The molecule has 114 valence electrons. The summed E-state index contributed by atoms with van der Waals surface area (Å²) in [5, 5.41) is 2.46. The van der Waals surface area contributed by atoms with Crippen LogP contribution in [0.25, 0.3) is 0 Å². The number of carbonyl (C=O) groups excluding carboxylic acids is 2. The van der Waals surface area contributed by atoms with Crippen molar-refractivity contribution in [2.24, 2.45) is 5.73 Å². The summed E-state index contributed by atoms with van der Waals surface area (Å²) in [6, 6.07) is 14.0. The van der Waals surface area contributed by atoms with Crippen LogP contribution in [0.15, 0.2) is 48.5 Å². The summed E-state index contributed by atoms with van der Waals surface area (Å²) >= 11 is 0. The van der Waals surface area contributed by atoms with Crippen molar-refractivity contribution >= 4 is 17.6 Å². The number of nitrogens with one attached hydrogen (secondary N) is 1. The van der Waals surface area contributed by atoms with E-state index >= 15 is 0 Å². The van der Waals surface area contributed by atoms with E-state index in [9.17, 15) is 9.59 Å². The monoisotopic (exact) mass is 297 g/mol. The van der Waals surface area contributed by atoms with Crippen molar-refractivity contribution in [3.8, 4) is 0 Å². The molecule has 5 nitrogen and oxygen atoms in total. The van der Waals surface area contributed by atoms with Gasteiger partial charge < -0.3 is 16.0 Å². The topological polar surface area (TPSA) is 75.4 Å². The SMILES string of the molecule is Cc1ccccc1CN(C)C(=O)c1ccc(NC(N)=O)cc1. The van der Waals surface area contributed by atoms with Crippen LogP contribution in [-0.4, -0.2) is 23.9 Å². The zero-order valence-corrected chi connectivity index (χ0v) is 12.7. The molecule has 0 atom stereocenters. The van der Waals surface area contributed by atoms with Gasteiger partial charge in [-0.25, -0.2) is 4.79 Å². The van der Waals surface area contributed by atoms with E-state index in [-0.39, 0.29) is 5.91 Å². The van der Waals surface area contributed by atoms with Crippen LogP contribution in [0, 0.1) is 6.92 Å². The van der Waals surface area contributed by atoms with Gasteiger partial charge in [0.15, 0.2) is 0 Å². The van der Waals surface area contributed by atoms with Crippen LogP contribution in [0.1, 0.15) is 21.5 Å². The molecule has 0 saturated carbocycles. The third kappa shape index (κ3) is 3.85. The lowest BCUT2D eigenvalue weighted by molar-refractivity contribution is 0.0785. The Kier molecular flexibility index (Phi) is 4.78. The molecular formula is C17H19N3O2. The lowest BCUT2D eigenvalue weighted by Gasteiger charge is -2.18. The van der Waals surface area contributed by atoms with Gasteiger partial charge in [0.2, 0.25) is 0 Å². The van der Waals surface area contributed by atoms with Crippen LogP contribution in [0.5, 0.6) is 0 Å². The Morgan fingerprint density at radius 2 is 1.73 bits per heavy atom. The maximum absolute atomic E-state index is 12.4. The Labute approximate surface area is 129 Å². The van der Waals surface area contributed by atoms with E-state index < -0.39 is 6.03 Å². The van der Waals surface area contributed by atoms with Crippen LogP contribution < -0.4 is 11.1 Å². The summed E-state index contributed by atoms with van der Waals surface area (Å²) < 4.78 is 0. The van der Waals surface area contributed by atoms with Gasteiger partial charge in [0.05, 0.1) is 0 Å². The molecule has 3 amide bonds. The van der Waals surface area contributed by atoms with Gasteiger partial charge in [-0.3, -0.25) is 4.79 Å². The maximum Gasteiger partial charge on any atom is 0.316 e. The Morgan fingerprint density at radius 3 is 2.32 bits per heavy atom. The minimum absolute atomic E-state index is 0.0751. The van der Waals surface area contributed by atoms with Gasteiger partial charge in [0.1, 0.15) is 0 Å². The molecule has 0 aliphatic rings. The van der Waals surface area contributed by atoms with Gasteiger partial charge in [0.25, 0.3) is 5.91 Å². The number of hydrogen-bond donors (Lipinski definition) is 2. The van der Waals surface area contributed by atoms with E-state index in [1.807, 2.05) is 31.2 Å². The molecule has 0 heterocycles. The van der Waals surface area contributed by atoms with Gasteiger partial charge in [-0.15, -0.1) is 0 Å². The van der Waals surface area contributed by atoms with Crippen LogP contribution >= 0.6 is 0 Å². The van der Waals surface area contributed by atoms with Gasteiger partial charge >= 0.3 is 6.03 Å². The van der Waals surface area contributed by atoms with Crippen LogP contribution in [0.4, 0.5) is 10.5 Å². The number of nitrogens with zero attached hydrogens (tertiary/aromatic N) is 1. The predicted molar refractivity (Wildman–Crippen MR) is 86.6 cm³/mol. The van der Waals surface area contributed by atoms with E-state index in [0.717, 1.165) is 11.1 Å². The molecule has 3 N–H and O–H groups in total. The number of nitrogens with two attached hydrogens (primary N) is 1. The number of anilines is 1. The highest BCUT2D eigenvalue weighted by Gasteiger charge is 2.12. The molecule has 2 aromatic rings. The second-order valence-corrected chi connectivity index (χ2v) is 5.15. The first-order valence-corrected chi connectivity index (χ1v) is 6.94. The molecule has 2 rings (SSSR count). The number of urea groups is 1. The van der Waals surface area contributed by atoms with Crippen molar-refractivity contribution in [1.29, 1.82) is 0 Å². The molecule has 0 aliphatic carbocycles. The molecule has 22 heavy (non-hydrogen) atoms. The quantitative estimate of drug-likeness (QED) is 0.910. The minimum atomic E-state index is -0.629. The fraction of sp³-hybridized carbons (Fsp3) is 0.176. The normalized spacial score (nSPS) is 10.1. The Bertz CT molecular complexity index is 681. The molecular weight excluding hydrogens is 278 g/mol. The number of benzene rings is 2. The van der Waals surface area contributed by atoms with Gasteiger partial charge in [-0.05, 0) is 42.3 Å². The summed E-state index contributed by atoms with van der Waals surface area (Å²) in [6.07, 6.45) is 0. The van der Waals surface area contributed by atoms with E-state index in [4.69, 9.17) is 5.73 Å². The molecule has 5 heteroatoms. The fourth-order valence-electron chi connectivity index (χ4n) is 2.17. The predicted octanol–water partition coefficient (Wildman–Crippen LogP) is 2.76. The highest BCUT2D eigenvalue weighted by atomic mass is 16.2. The van der Waals surface area contributed by atoms with Crippen molar-refractivity contribution in [3.63, 3.8) is 0 Å². The fourth-order valence-corrected chi connectivity index (χ4v) is 2.17. The van der Waals surface area contributed by atoms with Crippen LogP contribution in [-0.2, 0) is 6.54 Å². The lowest BCUT2D eigenvalue weighted by Crippen LogP contribution is -2.26. The average molecular weight is 297 g/mol. The van der Waals surface area contributed by atoms with E-state index in [1.165, 1.54) is 0 Å². The van der Waals surface area contributed by atoms with Crippen LogP contribution in [0.3, 0.4) is 0 Å². The number of hydrogen-bond acceptors (Lipinski definition) is 2. The molecule has 0 aromatic heterocycles. The van der Waals surface area contributed by atoms with Crippen molar-refractivity contribution in [2.75, 3.05) is 12.4 Å². The molecule has 0 unspecified atom stereocenters. The Hall–Kier alpha value is -2.82. The summed E-state index contributed by atoms with van der Waals surface area (Å²) in [6.45, 7) is 2.57. The molecule has 0 bridgehead atoms. The summed E-state index contributed by atoms with van der Waals surface area (Å²) in [5.74, 6) is -0.0751. The standard InChI is InChI=1S/C17H19N3O2/c1-12-5-3-4-6-14(12)11-20(2)16(21)13-7-9-15(10-8-13)19-17(18)22/h3-10H,11H2,1-2H3,(H3,18,19,22). The highest BCUT2D eigenvalue weighted by Crippen LogP contribution is 2.14. The number of amides is 3. The third-order valence-electron chi connectivity index (χ3n) is 3.41. The molecule has 0 fully saturated rings. The second kappa shape index (κ2) is 6.76. The molecule has 0 spiro atoms. The first kappa shape index (κ1) is 15.6. The average Bonchev–Trinajstić information content (AvgIpc) is 2.49. The van der Waals surface area contributed by atoms with Gasteiger partial charge in [0, 0.05) is 24.8 Å². The first-order chi connectivity index (χ1) is 10.5. The molecule has 2 aromatic carbocycles. The smallest absolute Gasteiger partial charge is 0.316 e. The van der Waals surface area contributed by atoms with Crippen molar-refractivity contribution < 1.29 is 9.59 Å². The molecule has 0 saturated heterocycles. The van der Waals surface area contributed by atoms with Gasteiger partial charge in [-0.1, -0.05) is 24.3 Å². The van der Waals surface area contributed by atoms with Crippen molar-refractivity contribution in [2.45, 2.75) is 13.5 Å². The molecule has 0 aliphatic heterocycles. The van der Waals surface area contributed by atoms with E-state index in [2.05, 4.69) is 5.32 Å². The summed E-state index contributed by atoms with van der Waals surface area (Å²) in [5.41, 5.74) is 8.44. The van der Waals surface area contributed by atoms with Gasteiger partial charge in [-0.2, -0.15) is 0 Å². The number of aryl methyl sites for hydroxylation is 1.